The molecule has 4 heteroatoms. The van der Waals surface area contributed by atoms with Gasteiger partial charge in [0, 0.05) is 18.2 Å². The maximum atomic E-state index is 6.21. The number of hydrogen-bond acceptors (Lipinski definition) is 2. The van der Waals surface area contributed by atoms with Gasteiger partial charge in [0.25, 0.3) is 0 Å². The largest absolute Gasteiger partial charge is 0.384 e. The molecule has 1 heterocycles. The van der Waals surface area contributed by atoms with Gasteiger partial charge in [0.2, 0.25) is 0 Å². The van der Waals surface area contributed by atoms with Crippen molar-refractivity contribution in [3.8, 4) is 11.3 Å². The molecule has 0 bridgehead atoms. The molecule has 2 N–H and O–H groups in total. The Balaban J connectivity index is 2.63. The Kier molecular flexibility index (Phi) is 2.64. The van der Waals surface area contributed by atoms with E-state index < -0.39 is 0 Å². The van der Waals surface area contributed by atoms with E-state index in [4.69, 9.17) is 17.3 Å². The SMILES string of the molecule is Cc1ccc(-c2nn(C)c(N)c2C)c(Cl)c1. The van der Waals surface area contributed by atoms with Crippen LogP contribution in [-0.2, 0) is 7.05 Å². The molecule has 16 heavy (non-hydrogen) atoms. The molecule has 1 aromatic carbocycles. The number of nitrogens with two attached hydrogens (primary N) is 1. The molecule has 2 aromatic rings. The third kappa shape index (κ3) is 1.67. The molecule has 3 nitrogen and oxygen atoms in total. The fraction of sp³-hybridized carbons (Fsp3) is 0.250. The van der Waals surface area contributed by atoms with Gasteiger partial charge in [-0.1, -0.05) is 23.7 Å². The highest BCUT2D eigenvalue weighted by Crippen LogP contribution is 2.31. The van der Waals surface area contributed by atoms with E-state index in [0.29, 0.717) is 10.8 Å². The Morgan fingerprint density at radius 1 is 1.31 bits per heavy atom. The van der Waals surface area contributed by atoms with Crippen LogP contribution in [0.25, 0.3) is 11.3 Å². The van der Waals surface area contributed by atoms with Crippen molar-refractivity contribution in [3.63, 3.8) is 0 Å². The zero-order chi connectivity index (χ0) is 11.9. The zero-order valence-electron chi connectivity index (χ0n) is 9.58. The third-order valence-electron chi connectivity index (χ3n) is 2.72. The highest BCUT2D eigenvalue weighted by Gasteiger charge is 2.13. The van der Waals surface area contributed by atoms with Crippen LogP contribution in [0.2, 0.25) is 5.02 Å². The number of aryl methyl sites for hydroxylation is 2. The van der Waals surface area contributed by atoms with Gasteiger partial charge in [-0.25, -0.2) is 0 Å². The molecule has 0 aliphatic carbocycles. The monoisotopic (exact) mass is 235 g/mol. The van der Waals surface area contributed by atoms with Crippen LogP contribution in [0.4, 0.5) is 5.82 Å². The number of anilines is 1. The summed E-state index contributed by atoms with van der Waals surface area (Å²) in [6, 6.07) is 5.93. The number of nitrogens with zero attached hydrogens (tertiary/aromatic N) is 2. The first kappa shape index (κ1) is 11.0. The van der Waals surface area contributed by atoms with Crippen molar-refractivity contribution in [1.29, 1.82) is 0 Å². The van der Waals surface area contributed by atoms with Crippen molar-refractivity contribution in [1.82, 2.24) is 9.78 Å². The second kappa shape index (κ2) is 3.83. The molecule has 2 rings (SSSR count). The molecule has 84 valence electrons. The van der Waals surface area contributed by atoms with Gasteiger partial charge in [0.1, 0.15) is 5.82 Å². The molecular formula is C12H14ClN3. The fourth-order valence-electron chi connectivity index (χ4n) is 1.71. The Bertz CT molecular complexity index is 543. The smallest absolute Gasteiger partial charge is 0.124 e. The van der Waals surface area contributed by atoms with Crippen molar-refractivity contribution in [2.75, 3.05) is 5.73 Å². The maximum absolute atomic E-state index is 6.21. The highest BCUT2D eigenvalue weighted by molar-refractivity contribution is 6.33. The molecule has 0 amide bonds. The van der Waals surface area contributed by atoms with Crippen LogP contribution in [-0.4, -0.2) is 9.78 Å². The van der Waals surface area contributed by atoms with Gasteiger partial charge >= 0.3 is 0 Å². The molecule has 1 aromatic heterocycles. The second-order valence-corrected chi connectivity index (χ2v) is 4.37. The fourth-order valence-corrected chi connectivity index (χ4v) is 2.04. The quantitative estimate of drug-likeness (QED) is 0.826. The van der Waals surface area contributed by atoms with Gasteiger partial charge in [-0.05, 0) is 25.5 Å². The second-order valence-electron chi connectivity index (χ2n) is 3.97. The molecule has 0 spiro atoms. The summed E-state index contributed by atoms with van der Waals surface area (Å²) in [6.07, 6.45) is 0. The van der Waals surface area contributed by atoms with E-state index in [1.165, 1.54) is 0 Å². The number of nitrogen functional groups attached to an aromatic ring is 1. The summed E-state index contributed by atoms with van der Waals surface area (Å²) in [5.74, 6) is 0.673. The predicted octanol–water partition coefficient (Wildman–Crippen LogP) is 2.94. The maximum Gasteiger partial charge on any atom is 0.124 e. The Hall–Kier alpha value is -1.48. The third-order valence-corrected chi connectivity index (χ3v) is 3.03. The number of hydrogen-bond donors (Lipinski definition) is 1. The minimum absolute atomic E-state index is 0.673. The van der Waals surface area contributed by atoms with Crippen LogP contribution in [0.5, 0.6) is 0 Å². The summed E-state index contributed by atoms with van der Waals surface area (Å²) in [5.41, 5.74) is 9.76. The summed E-state index contributed by atoms with van der Waals surface area (Å²) in [4.78, 5) is 0. The molecule has 0 radical (unpaired) electrons. The lowest BCUT2D eigenvalue weighted by atomic mass is 10.1. The summed E-state index contributed by atoms with van der Waals surface area (Å²) >= 11 is 6.21. The van der Waals surface area contributed by atoms with E-state index in [1.807, 2.05) is 39.1 Å². The lowest BCUT2D eigenvalue weighted by Gasteiger charge is -2.03. The number of benzene rings is 1. The van der Waals surface area contributed by atoms with Crippen LogP contribution >= 0.6 is 11.6 Å². The lowest BCUT2D eigenvalue weighted by molar-refractivity contribution is 0.782. The molecule has 0 fully saturated rings. The molecule has 0 saturated carbocycles. The first-order chi connectivity index (χ1) is 7.50. The van der Waals surface area contributed by atoms with E-state index in [1.54, 1.807) is 4.68 Å². The van der Waals surface area contributed by atoms with Crippen LogP contribution in [0.3, 0.4) is 0 Å². The van der Waals surface area contributed by atoms with Crippen molar-refractivity contribution in [2.45, 2.75) is 13.8 Å². The topological polar surface area (TPSA) is 43.8 Å². The first-order valence-corrected chi connectivity index (χ1v) is 5.44. The van der Waals surface area contributed by atoms with Crippen molar-refractivity contribution >= 4 is 17.4 Å². The Morgan fingerprint density at radius 3 is 2.50 bits per heavy atom. The molecule has 0 atom stereocenters. The lowest BCUT2D eigenvalue weighted by Crippen LogP contribution is -1.97. The van der Waals surface area contributed by atoms with E-state index in [0.717, 1.165) is 22.4 Å². The molecule has 0 aliphatic heterocycles. The predicted molar refractivity (Wildman–Crippen MR) is 67.5 cm³/mol. The minimum Gasteiger partial charge on any atom is -0.384 e. The summed E-state index contributed by atoms with van der Waals surface area (Å²) in [6.45, 7) is 3.96. The molecular weight excluding hydrogens is 222 g/mol. The van der Waals surface area contributed by atoms with Crippen LogP contribution < -0.4 is 5.73 Å². The molecule has 0 aliphatic rings. The standard InChI is InChI=1S/C12H14ClN3/c1-7-4-5-9(10(13)6-7)11-8(2)12(14)16(3)15-11/h4-6H,14H2,1-3H3. The van der Waals surface area contributed by atoms with Crippen molar-refractivity contribution < 1.29 is 0 Å². The first-order valence-electron chi connectivity index (χ1n) is 5.06. The van der Waals surface area contributed by atoms with Crippen molar-refractivity contribution in [2.24, 2.45) is 7.05 Å². The minimum atomic E-state index is 0.673. The summed E-state index contributed by atoms with van der Waals surface area (Å²) in [7, 11) is 1.83. The van der Waals surface area contributed by atoms with Gasteiger partial charge < -0.3 is 5.73 Å². The van der Waals surface area contributed by atoms with E-state index in [2.05, 4.69) is 5.10 Å². The van der Waals surface area contributed by atoms with Crippen LogP contribution in [0.1, 0.15) is 11.1 Å². The number of halogens is 1. The van der Waals surface area contributed by atoms with Crippen molar-refractivity contribution in [3.05, 3.63) is 34.3 Å². The van der Waals surface area contributed by atoms with Gasteiger partial charge in [0.05, 0.1) is 10.7 Å². The van der Waals surface area contributed by atoms with E-state index in [9.17, 15) is 0 Å². The van der Waals surface area contributed by atoms with Crippen LogP contribution in [0, 0.1) is 13.8 Å². The number of aromatic nitrogens is 2. The average Bonchev–Trinajstić information content (AvgIpc) is 2.46. The molecule has 0 saturated heterocycles. The van der Waals surface area contributed by atoms with Crippen LogP contribution in [0.15, 0.2) is 18.2 Å². The normalized spacial score (nSPS) is 10.8. The summed E-state index contributed by atoms with van der Waals surface area (Å²) in [5, 5.41) is 5.09. The van der Waals surface area contributed by atoms with Gasteiger partial charge in [-0.15, -0.1) is 0 Å². The zero-order valence-corrected chi connectivity index (χ0v) is 10.3. The average molecular weight is 236 g/mol. The highest BCUT2D eigenvalue weighted by atomic mass is 35.5. The Labute approximate surface area is 99.8 Å². The van der Waals surface area contributed by atoms with Gasteiger partial charge in [-0.3, -0.25) is 4.68 Å². The van der Waals surface area contributed by atoms with E-state index in [-0.39, 0.29) is 0 Å². The molecule has 0 unspecified atom stereocenters. The summed E-state index contributed by atoms with van der Waals surface area (Å²) < 4.78 is 1.67. The van der Waals surface area contributed by atoms with Gasteiger partial charge in [0.15, 0.2) is 0 Å². The van der Waals surface area contributed by atoms with E-state index >= 15 is 0 Å². The number of rotatable bonds is 1. The Morgan fingerprint density at radius 2 is 2.00 bits per heavy atom. The van der Waals surface area contributed by atoms with Gasteiger partial charge in [-0.2, -0.15) is 5.10 Å².